The average molecular weight is 353 g/mol. The highest BCUT2D eigenvalue weighted by molar-refractivity contribution is 6.00. The van der Waals surface area contributed by atoms with Gasteiger partial charge in [-0.15, -0.1) is 12.3 Å². The number of allylic oxidation sites excluding steroid dienone is 1. The molecule has 138 valence electrons. The lowest BCUT2D eigenvalue weighted by molar-refractivity contribution is -0.135. The molecule has 0 saturated carbocycles. The van der Waals surface area contributed by atoms with Gasteiger partial charge in [0.1, 0.15) is 11.7 Å². The first-order chi connectivity index (χ1) is 12.5. The van der Waals surface area contributed by atoms with Crippen LogP contribution in [0.5, 0.6) is 0 Å². The van der Waals surface area contributed by atoms with E-state index in [2.05, 4.69) is 22.6 Å². The maximum absolute atomic E-state index is 12.2. The maximum Gasteiger partial charge on any atom is 0.249 e. The lowest BCUT2D eigenvalue weighted by atomic mass is 10.1. The van der Waals surface area contributed by atoms with Gasteiger partial charge in [0.05, 0.1) is 0 Å². The number of hydrogen-bond donors (Lipinski definition) is 1. The van der Waals surface area contributed by atoms with Crippen molar-refractivity contribution in [2.24, 2.45) is 0 Å². The first-order valence-electron chi connectivity index (χ1n) is 8.84. The molecule has 2 amide bonds. The Kier molecular flexibility index (Phi) is 8.30. The van der Waals surface area contributed by atoms with Crippen molar-refractivity contribution >= 4 is 28.9 Å². The molecule has 0 spiro atoms. The second-order valence-corrected chi connectivity index (χ2v) is 5.51. The lowest BCUT2D eigenvalue weighted by Gasteiger charge is -2.24. The number of amides is 2. The van der Waals surface area contributed by atoms with Crippen LogP contribution < -0.4 is 5.32 Å². The Morgan fingerprint density at radius 2 is 2.04 bits per heavy atom. The van der Waals surface area contributed by atoms with Gasteiger partial charge in [-0.1, -0.05) is 19.9 Å². The molecule has 1 unspecified atom stereocenters. The molecule has 3 heterocycles. The van der Waals surface area contributed by atoms with Crippen LogP contribution in [-0.2, 0) is 9.59 Å². The molecule has 1 aliphatic heterocycles. The van der Waals surface area contributed by atoms with Crippen molar-refractivity contribution in [2.45, 2.75) is 53.5 Å². The normalized spacial score (nSPS) is 16.2. The summed E-state index contributed by atoms with van der Waals surface area (Å²) in [5, 5.41) is 3.46. The number of pyridine rings is 1. The minimum absolute atomic E-state index is 0.204. The standard InChI is InChI=1S/C16H17N3O2.C3H4.C2H6/c1-3-5-12-10(2)11-6-4-9-17-15(11)19(12)13-7-8-14(20)18-16(13)21;1-3-2;1-2/h3-6,9,13H,7-8H2,1-2H3,(H,18,20,21);1H,2H3;1-2H3/b5-3-;;. The van der Waals surface area contributed by atoms with Crippen molar-refractivity contribution in [3.05, 3.63) is 35.7 Å². The van der Waals surface area contributed by atoms with Gasteiger partial charge in [-0.05, 0) is 51.0 Å². The molecular formula is C21H27N3O2. The van der Waals surface area contributed by atoms with Crippen molar-refractivity contribution in [3.8, 4) is 12.3 Å². The van der Waals surface area contributed by atoms with Gasteiger partial charge in [0.15, 0.2) is 0 Å². The summed E-state index contributed by atoms with van der Waals surface area (Å²) >= 11 is 0. The molecule has 1 atom stereocenters. The molecule has 0 radical (unpaired) electrons. The Morgan fingerprint density at radius 1 is 1.38 bits per heavy atom. The number of aryl methyl sites for hydroxylation is 1. The van der Waals surface area contributed by atoms with E-state index in [-0.39, 0.29) is 17.9 Å². The predicted molar refractivity (Wildman–Crippen MR) is 106 cm³/mol. The summed E-state index contributed by atoms with van der Waals surface area (Å²) in [6.45, 7) is 9.63. The fraction of sp³-hybridized carbons (Fsp3) is 0.381. The average Bonchev–Trinajstić information content (AvgIpc) is 2.91. The number of aromatic nitrogens is 2. The van der Waals surface area contributed by atoms with E-state index in [1.807, 2.05) is 56.5 Å². The Morgan fingerprint density at radius 3 is 2.62 bits per heavy atom. The highest BCUT2D eigenvalue weighted by Crippen LogP contribution is 2.31. The third-order valence-corrected chi connectivity index (χ3v) is 3.91. The van der Waals surface area contributed by atoms with E-state index >= 15 is 0 Å². The van der Waals surface area contributed by atoms with Crippen LogP contribution in [0.25, 0.3) is 17.1 Å². The van der Waals surface area contributed by atoms with Crippen molar-refractivity contribution in [1.82, 2.24) is 14.9 Å². The third kappa shape index (κ3) is 4.40. The molecule has 5 nitrogen and oxygen atoms in total. The minimum Gasteiger partial charge on any atom is -0.313 e. The van der Waals surface area contributed by atoms with E-state index in [0.717, 1.165) is 22.3 Å². The van der Waals surface area contributed by atoms with Crippen molar-refractivity contribution in [3.63, 3.8) is 0 Å². The van der Waals surface area contributed by atoms with Gasteiger partial charge < -0.3 is 4.57 Å². The number of nitrogens with one attached hydrogen (secondary N) is 1. The highest BCUT2D eigenvalue weighted by atomic mass is 16.2. The molecule has 1 saturated heterocycles. The van der Waals surface area contributed by atoms with E-state index in [0.29, 0.717) is 12.8 Å². The summed E-state index contributed by atoms with van der Waals surface area (Å²) in [5.74, 6) is 1.80. The number of piperidine rings is 1. The maximum atomic E-state index is 12.2. The number of imide groups is 1. The molecule has 1 N–H and O–H groups in total. The van der Waals surface area contributed by atoms with Crippen LogP contribution in [0.2, 0.25) is 0 Å². The van der Waals surface area contributed by atoms with E-state index < -0.39 is 0 Å². The van der Waals surface area contributed by atoms with Crippen LogP contribution in [0.3, 0.4) is 0 Å². The zero-order valence-corrected chi connectivity index (χ0v) is 16.2. The van der Waals surface area contributed by atoms with Gasteiger partial charge in [0.2, 0.25) is 11.8 Å². The SMILES string of the molecule is C#CC.C/C=C\c1c(C)c2cccnc2n1C1CCC(=O)NC1=O.CC. The van der Waals surface area contributed by atoms with Crippen molar-refractivity contribution in [1.29, 1.82) is 0 Å². The second kappa shape index (κ2) is 10.2. The first kappa shape index (κ1) is 21.2. The summed E-state index contributed by atoms with van der Waals surface area (Å²) in [7, 11) is 0. The molecule has 2 aromatic rings. The van der Waals surface area contributed by atoms with E-state index in [9.17, 15) is 9.59 Å². The monoisotopic (exact) mass is 353 g/mol. The number of rotatable bonds is 2. The number of nitrogens with zero attached hydrogens (tertiary/aromatic N) is 2. The summed E-state index contributed by atoms with van der Waals surface area (Å²) in [6, 6.07) is 3.51. The van der Waals surface area contributed by atoms with Gasteiger partial charge in [-0.25, -0.2) is 4.98 Å². The van der Waals surface area contributed by atoms with Crippen LogP contribution in [0.15, 0.2) is 24.4 Å². The highest BCUT2D eigenvalue weighted by Gasteiger charge is 2.31. The van der Waals surface area contributed by atoms with Crippen LogP contribution >= 0.6 is 0 Å². The summed E-state index contributed by atoms with van der Waals surface area (Å²) in [4.78, 5) is 28.0. The third-order valence-electron chi connectivity index (χ3n) is 3.91. The molecule has 3 rings (SSSR count). The molecule has 26 heavy (non-hydrogen) atoms. The fourth-order valence-corrected chi connectivity index (χ4v) is 2.92. The quantitative estimate of drug-likeness (QED) is 0.655. The lowest BCUT2D eigenvalue weighted by Crippen LogP contribution is -2.42. The second-order valence-electron chi connectivity index (χ2n) is 5.51. The molecule has 0 bridgehead atoms. The van der Waals surface area contributed by atoms with Gasteiger partial charge in [-0.2, -0.15) is 0 Å². The molecule has 0 aliphatic carbocycles. The largest absolute Gasteiger partial charge is 0.313 e. The smallest absolute Gasteiger partial charge is 0.249 e. The topological polar surface area (TPSA) is 64.0 Å². The molecule has 2 aromatic heterocycles. The van der Waals surface area contributed by atoms with Gasteiger partial charge in [0, 0.05) is 23.7 Å². The predicted octanol–water partition coefficient (Wildman–Crippen LogP) is 4.02. The van der Waals surface area contributed by atoms with Crippen LogP contribution in [0.4, 0.5) is 0 Å². The minimum atomic E-state index is -0.389. The molecule has 1 aliphatic rings. The van der Waals surface area contributed by atoms with E-state index in [4.69, 9.17) is 0 Å². The number of fused-ring (bicyclic) bond motifs is 1. The molecule has 5 heteroatoms. The number of carbonyl (C=O) groups excluding carboxylic acids is 2. The Bertz CT molecular complexity index is 841. The molecule has 1 fully saturated rings. The number of hydrogen-bond acceptors (Lipinski definition) is 3. The van der Waals surface area contributed by atoms with Crippen molar-refractivity contribution < 1.29 is 9.59 Å². The van der Waals surface area contributed by atoms with Gasteiger partial charge in [-0.3, -0.25) is 14.9 Å². The van der Waals surface area contributed by atoms with Crippen LogP contribution in [-0.4, -0.2) is 21.4 Å². The van der Waals surface area contributed by atoms with E-state index in [1.165, 1.54) is 0 Å². The van der Waals surface area contributed by atoms with Gasteiger partial charge in [0.25, 0.3) is 0 Å². The molecule has 0 aromatic carbocycles. The van der Waals surface area contributed by atoms with Crippen LogP contribution in [0.1, 0.15) is 57.8 Å². The first-order valence-corrected chi connectivity index (χ1v) is 8.84. The summed E-state index contributed by atoms with van der Waals surface area (Å²) < 4.78 is 1.95. The van der Waals surface area contributed by atoms with Crippen molar-refractivity contribution in [2.75, 3.05) is 0 Å². The van der Waals surface area contributed by atoms with Gasteiger partial charge >= 0.3 is 0 Å². The Labute approximate surface area is 155 Å². The zero-order valence-electron chi connectivity index (χ0n) is 16.2. The van der Waals surface area contributed by atoms with Crippen LogP contribution in [0, 0.1) is 19.3 Å². The summed E-state index contributed by atoms with van der Waals surface area (Å²) in [5.41, 5.74) is 2.86. The van der Waals surface area contributed by atoms with E-state index in [1.54, 1.807) is 13.1 Å². The Balaban J connectivity index is 0.000000615. The Hall–Kier alpha value is -2.87. The summed E-state index contributed by atoms with van der Waals surface area (Å²) in [6.07, 6.45) is 11.1. The number of carbonyl (C=O) groups is 2. The molecular weight excluding hydrogens is 326 g/mol. The fourth-order valence-electron chi connectivity index (χ4n) is 2.92. The zero-order chi connectivity index (χ0) is 19.7. The number of terminal acetylenes is 1.